The van der Waals surface area contributed by atoms with Crippen molar-refractivity contribution in [1.29, 1.82) is 0 Å². The molecule has 2 rings (SSSR count). The zero-order valence-electron chi connectivity index (χ0n) is 16.4. The number of nitrogens with one attached hydrogen (secondary N) is 1. The topological polar surface area (TPSA) is 46.0 Å². The Kier molecular flexibility index (Phi) is 8.04. The second-order valence-corrected chi connectivity index (χ2v) is 7.21. The van der Waals surface area contributed by atoms with E-state index in [4.69, 9.17) is 12.2 Å². The lowest BCUT2D eigenvalue weighted by Gasteiger charge is -2.29. The maximum absolute atomic E-state index is 5.61. The maximum Gasteiger partial charge on any atom is 0.169 e. The highest BCUT2D eigenvalue weighted by Gasteiger charge is 2.16. The molecule has 1 aromatic heterocycles. The van der Waals surface area contributed by atoms with Gasteiger partial charge in [-0.3, -0.25) is 0 Å². The largest absolute Gasteiger partial charge is 0.362 e. The van der Waals surface area contributed by atoms with Crippen LogP contribution in [0, 0.1) is 5.92 Å². The fourth-order valence-electron chi connectivity index (χ4n) is 2.95. The van der Waals surface area contributed by atoms with Crippen LogP contribution in [0.5, 0.6) is 0 Å². The number of benzene rings is 1. The van der Waals surface area contributed by atoms with Gasteiger partial charge in [0.1, 0.15) is 12.7 Å². The lowest BCUT2D eigenvalue weighted by molar-refractivity contribution is 0.382. The Morgan fingerprint density at radius 3 is 2.58 bits per heavy atom. The summed E-state index contributed by atoms with van der Waals surface area (Å²) in [4.78, 5) is 6.12. The quantitative estimate of drug-likeness (QED) is 0.662. The van der Waals surface area contributed by atoms with Gasteiger partial charge in [0.2, 0.25) is 0 Å². The Labute approximate surface area is 162 Å². The van der Waals surface area contributed by atoms with E-state index in [0.717, 1.165) is 17.3 Å². The summed E-state index contributed by atoms with van der Waals surface area (Å²) in [6.07, 6.45) is 8.24. The zero-order valence-corrected chi connectivity index (χ0v) is 17.2. The van der Waals surface area contributed by atoms with Gasteiger partial charge in [0.05, 0.1) is 11.7 Å². The summed E-state index contributed by atoms with van der Waals surface area (Å²) in [6.45, 7) is 7.63. The molecule has 1 heterocycles. The van der Waals surface area contributed by atoms with Crippen LogP contribution in [0.25, 0.3) is 5.69 Å². The van der Waals surface area contributed by atoms with Gasteiger partial charge in [-0.25, -0.2) is 9.67 Å². The molecule has 0 saturated carbocycles. The molecule has 5 nitrogen and oxygen atoms in total. The third-order valence-corrected chi connectivity index (χ3v) is 5.48. The van der Waals surface area contributed by atoms with Gasteiger partial charge in [0, 0.05) is 13.6 Å². The van der Waals surface area contributed by atoms with Gasteiger partial charge in [-0.1, -0.05) is 45.2 Å². The molecule has 142 valence electrons. The minimum absolute atomic E-state index is 0.204. The Morgan fingerprint density at radius 1 is 1.27 bits per heavy atom. The number of nitrogens with zero attached hydrogens (tertiary/aromatic N) is 4. The summed E-state index contributed by atoms with van der Waals surface area (Å²) in [5, 5.41) is 8.43. The number of aromatic nitrogens is 3. The number of rotatable bonds is 9. The van der Waals surface area contributed by atoms with Crippen LogP contribution in [0.15, 0.2) is 36.9 Å². The number of hydrogen-bond donors (Lipinski definition) is 1. The van der Waals surface area contributed by atoms with Crippen molar-refractivity contribution in [3.8, 4) is 5.69 Å². The fraction of sp³-hybridized carbons (Fsp3) is 0.550. The molecule has 2 atom stereocenters. The van der Waals surface area contributed by atoms with E-state index in [2.05, 4.69) is 72.4 Å². The average molecular weight is 374 g/mol. The molecule has 1 aromatic carbocycles. The summed E-state index contributed by atoms with van der Waals surface area (Å²) in [6, 6.07) is 8.56. The monoisotopic (exact) mass is 373 g/mol. The molecule has 0 amide bonds. The Balaban J connectivity index is 1.91. The summed E-state index contributed by atoms with van der Waals surface area (Å²) in [5.74, 6) is 0.693. The summed E-state index contributed by atoms with van der Waals surface area (Å²) < 4.78 is 1.76. The van der Waals surface area contributed by atoms with Crippen LogP contribution >= 0.6 is 12.2 Å². The van der Waals surface area contributed by atoms with Crippen molar-refractivity contribution in [1.82, 2.24) is 25.0 Å². The molecule has 0 aliphatic rings. The molecular weight excluding hydrogens is 342 g/mol. The molecule has 2 aromatic rings. The van der Waals surface area contributed by atoms with Crippen LogP contribution in [-0.2, 0) is 0 Å². The van der Waals surface area contributed by atoms with Crippen molar-refractivity contribution in [2.45, 2.75) is 52.5 Å². The van der Waals surface area contributed by atoms with Gasteiger partial charge in [0.15, 0.2) is 5.11 Å². The molecule has 0 saturated heterocycles. The standard InChI is InChI=1S/C20H31N5S/c1-5-7-8-17(6-2)13-22-20(26)24(4)16(3)18-9-11-19(12-10-18)25-15-21-14-23-25/h9-12,14-17H,5-8,13H2,1-4H3,(H,22,26)/t16-,17+/m0/s1. The van der Waals surface area contributed by atoms with Crippen molar-refractivity contribution in [3.05, 3.63) is 42.5 Å². The van der Waals surface area contributed by atoms with Crippen LogP contribution in [0.1, 0.15) is 58.1 Å². The Morgan fingerprint density at radius 2 is 2.00 bits per heavy atom. The smallest absolute Gasteiger partial charge is 0.169 e. The molecule has 0 radical (unpaired) electrons. The first-order valence-electron chi connectivity index (χ1n) is 9.52. The minimum Gasteiger partial charge on any atom is -0.362 e. The van der Waals surface area contributed by atoms with E-state index in [-0.39, 0.29) is 6.04 Å². The SMILES string of the molecule is CCCC[C@@H](CC)CNC(=S)N(C)[C@@H](C)c1ccc(-n2cncn2)cc1. The van der Waals surface area contributed by atoms with Crippen molar-refractivity contribution in [2.75, 3.05) is 13.6 Å². The summed E-state index contributed by atoms with van der Waals surface area (Å²) in [5.41, 5.74) is 2.22. The predicted molar refractivity (Wildman–Crippen MR) is 111 cm³/mol. The number of thiocarbonyl (C=S) groups is 1. The maximum atomic E-state index is 5.61. The summed E-state index contributed by atoms with van der Waals surface area (Å²) >= 11 is 5.61. The first-order valence-corrected chi connectivity index (χ1v) is 9.93. The first kappa shape index (κ1) is 20.4. The predicted octanol–water partition coefficient (Wildman–Crippen LogP) is 4.35. The highest BCUT2D eigenvalue weighted by Crippen LogP contribution is 2.20. The summed E-state index contributed by atoms with van der Waals surface area (Å²) in [7, 11) is 2.05. The van der Waals surface area contributed by atoms with Crippen LogP contribution in [0.2, 0.25) is 0 Å². The molecule has 1 N–H and O–H groups in total. The second-order valence-electron chi connectivity index (χ2n) is 6.82. The van der Waals surface area contributed by atoms with Crippen LogP contribution in [0.4, 0.5) is 0 Å². The van der Waals surface area contributed by atoms with Crippen molar-refractivity contribution >= 4 is 17.3 Å². The second kappa shape index (κ2) is 10.3. The molecule has 26 heavy (non-hydrogen) atoms. The van der Waals surface area contributed by atoms with E-state index in [1.54, 1.807) is 17.3 Å². The van der Waals surface area contributed by atoms with E-state index in [9.17, 15) is 0 Å². The number of hydrogen-bond acceptors (Lipinski definition) is 3. The molecule has 0 spiro atoms. The van der Waals surface area contributed by atoms with E-state index < -0.39 is 0 Å². The molecule has 0 bridgehead atoms. The van der Waals surface area contributed by atoms with Gasteiger partial charge < -0.3 is 10.2 Å². The van der Waals surface area contributed by atoms with Crippen LogP contribution in [-0.4, -0.2) is 38.4 Å². The molecular formula is C20H31N5S. The average Bonchev–Trinajstić information content (AvgIpc) is 3.21. The van der Waals surface area contributed by atoms with E-state index in [1.165, 1.54) is 31.2 Å². The fourth-order valence-corrected chi connectivity index (χ4v) is 3.19. The van der Waals surface area contributed by atoms with Gasteiger partial charge in [-0.15, -0.1) is 0 Å². The number of unbranched alkanes of at least 4 members (excludes halogenated alkanes) is 1. The Hall–Kier alpha value is -1.95. The minimum atomic E-state index is 0.204. The molecule has 6 heteroatoms. The third kappa shape index (κ3) is 5.53. The molecule has 0 aliphatic heterocycles. The van der Waals surface area contributed by atoms with E-state index >= 15 is 0 Å². The zero-order chi connectivity index (χ0) is 18.9. The first-order chi connectivity index (χ1) is 12.6. The third-order valence-electron chi connectivity index (χ3n) is 5.05. The van der Waals surface area contributed by atoms with Gasteiger partial charge in [-0.05, 0) is 49.2 Å². The lowest BCUT2D eigenvalue weighted by Crippen LogP contribution is -2.40. The highest BCUT2D eigenvalue weighted by molar-refractivity contribution is 7.80. The van der Waals surface area contributed by atoms with Crippen molar-refractivity contribution < 1.29 is 0 Å². The molecule has 0 fully saturated rings. The lowest BCUT2D eigenvalue weighted by atomic mass is 9.99. The normalized spacial score (nSPS) is 13.2. The van der Waals surface area contributed by atoms with E-state index in [0.29, 0.717) is 5.92 Å². The van der Waals surface area contributed by atoms with Crippen molar-refractivity contribution in [2.24, 2.45) is 5.92 Å². The Bertz CT molecular complexity index is 653. The van der Waals surface area contributed by atoms with Crippen molar-refractivity contribution in [3.63, 3.8) is 0 Å². The van der Waals surface area contributed by atoms with Gasteiger partial charge in [-0.2, -0.15) is 5.10 Å². The van der Waals surface area contributed by atoms with Gasteiger partial charge >= 0.3 is 0 Å². The van der Waals surface area contributed by atoms with Crippen LogP contribution in [0.3, 0.4) is 0 Å². The molecule has 0 unspecified atom stereocenters. The van der Waals surface area contributed by atoms with Crippen LogP contribution < -0.4 is 5.32 Å². The van der Waals surface area contributed by atoms with E-state index in [1.807, 2.05) is 0 Å². The molecule has 0 aliphatic carbocycles. The highest BCUT2D eigenvalue weighted by atomic mass is 32.1. The van der Waals surface area contributed by atoms with Gasteiger partial charge in [0.25, 0.3) is 0 Å².